The monoisotopic (exact) mass is 694 g/mol. The largest absolute Gasteiger partial charge is 0.473 e. The third-order valence-electron chi connectivity index (χ3n) is 8.84. The van der Waals surface area contributed by atoms with Crippen LogP contribution in [0.2, 0.25) is 0 Å². The Labute approximate surface area is 276 Å². The maximum atomic E-state index is 15.6. The van der Waals surface area contributed by atoms with Crippen molar-refractivity contribution in [3.63, 3.8) is 0 Å². The molecule has 6 nitrogen and oxygen atoms in total. The number of anilines is 2. The van der Waals surface area contributed by atoms with Gasteiger partial charge in [-0.3, -0.25) is 4.57 Å². The smallest absolute Gasteiger partial charge is 0.416 e. The molecule has 0 amide bonds. The minimum absolute atomic E-state index is 0.0110. The van der Waals surface area contributed by atoms with Crippen LogP contribution in [0.1, 0.15) is 22.3 Å². The van der Waals surface area contributed by atoms with Gasteiger partial charge in [-0.1, -0.05) is 48.5 Å². The number of benzene rings is 5. The lowest BCUT2D eigenvalue weighted by molar-refractivity contribution is -0.138. The van der Waals surface area contributed by atoms with E-state index < -0.39 is 30.8 Å². The van der Waals surface area contributed by atoms with Crippen LogP contribution < -0.4 is 34.4 Å². The molecule has 0 fully saturated rings. The van der Waals surface area contributed by atoms with Gasteiger partial charge < -0.3 is 23.8 Å². The minimum atomic E-state index is -4.56. The zero-order valence-corrected chi connectivity index (χ0v) is 26.3. The maximum absolute atomic E-state index is 15.6. The molecule has 250 valence electrons. The van der Waals surface area contributed by atoms with Crippen LogP contribution in [0.4, 0.5) is 37.7 Å². The summed E-state index contributed by atoms with van der Waals surface area (Å²) in [5.41, 5.74) is 1.22. The van der Waals surface area contributed by atoms with Gasteiger partial charge in [0.2, 0.25) is 0 Å². The molecule has 0 bridgehead atoms. The van der Waals surface area contributed by atoms with E-state index in [4.69, 9.17) is 14.0 Å². The molecule has 1 atom stereocenters. The first-order chi connectivity index (χ1) is 23.4. The molecule has 5 aromatic carbocycles. The number of fused-ring (bicyclic) bond motifs is 5. The molecule has 0 aromatic heterocycles. The summed E-state index contributed by atoms with van der Waals surface area (Å²) in [6.45, 7) is -0.182. The molecule has 3 aliphatic rings. The van der Waals surface area contributed by atoms with Gasteiger partial charge in [0.05, 0.1) is 29.5 Å². The van der Waals surface area contributed by atoms with Crippen LogP contribution >= 0.6 is 7.37 Å². The van der Waals surface area contributed by atoms with Crippen molar-refractivity contribution in [2.24, 2.45) is 0 Å². The predicted octanol–water partition coefficient (Wildman–Crippen LogP) is 8.73. The molecule has 3 heterocycles. The van der Waals surface area contributed by atoms with Crippen molar-refractivity contribution in [2.45, 2.75) is 25.4 Å². The highest BCUT2D eigenvalue weighted by Gasteiger charge is 2.45. The quantitative estimate of drug-likeness (QED) is 0.139. The number of ether oxygens (including phenoxy) is 2. The highest BCUT2D eigenvalue weighted by atomic mass is 31.2. The van der Waals surface area contributed by atoms with E-state index in [0.717, 1.165) is 29.8 Å². The molecule has 13 heteroatoms. The van der Waals surface area contributed by atoms with Crippen LogP contribution in [-0.2, 0) is 30.0 Å². The third kappa shape index (κ3) is 5.35. The Bertz CT molecular complexity index is 2170. The van der Waals surface area contributed by atoms with E-state index in [1.54, 1.807) is 46.2 Å². The van der Waals surface area contributed by atoms with E-state index in [-0.39, 0.29) is 49.0 Å². The van der Waals surface area contributed by atoms with E-state index in [1.165, 1.54) is 18.2 Å². The maximum Gasteiger partial charge on any atom is 0.416 e. The fraction of sp³-hybridized carbons (Fsp3) is 0.167. The zero-order chi connectivity index (χ0) is 34.1. The van der Waals surface area contributed by atoms with Gasteiger partial charge in [0.25, 0.3) is 0 Å². The first-order valence-corrected chi connectivity index (χ1v) is 16.8. The summed E-state index contributed by atoms with van der Waals surface area (Å²) in [5, 5.41) is 0.603. The molecule has 0 saturated heterocycles. The molecule has 0 aliphatic carbocycles. The number of rotatable bonds is 3. The summed E-state index contributed by atoms with van der Waals surface area (Å²) in [5.74, 6) is 0.930. The zero-order valence-electron chi connectivity index (χ0n) is 25.4. The molecular weight excluding hydrogens is 669 g/mol. The summed E-state index contributed by atoms with van der Waals surface area (Å²) in [4.78, 5) is 3.22. The van der Waals surface area contributed by atoms with Gasteiger partial charge in [0.15, 0.2) is 13.5 Å². The second-order valence-electron chi connectivity index (χ2n) is 11.9. The van der Waals surface area contributed by atoms with E-state index in [0.29, 0.717) is 33.5 Å². The van der Waals surface area contributed by atoms with Crippen molar-refractivity contribution in [1.29, 1.82) is 0 Å². The van der Waals surface area contributed by atoms with Gasteiger partial charge in [-0.05, 0) is 60.2 Å². The van der Waals surface area contributed by atoms with Crippen molar-refractivity contribution in [2.75, 3.05) is 23.3 Å². The van der Waals surface area contributed by atoms with Gasteiger partial charge in [-0.15, -0.1) is 0 Å². The summed E-state index contributed by atoms with van der Waals surface area (Å²) < 4.78 is 116. The van der Waals surface area contributed by atoms with E-state index in [9.17, 15) is 26.3 Å². The summed E-state index contributed by atoms with van der Waals surface area (Å²) in [6, 6.07) is 25.7. The Morgan fingerprint density at radius 2 is 1.20 bits per heavy atom. The molecular formula is C36H25F6N2O4P. The number of hydrogen-bond donors (Lipinski definition) is 0. The fourth-order valence-corrected chi connectivity index (χ4v) is 9.21. The number of para-hydroxylation sites is 1. The topological polar surface area (TPSA) is 51.2 Å². The Kier molecular flexibility index (Phi) is 7.15. The number of halogens is 6. The SMILES string of the molecule is O=P1(c2c3c(cc4c2OCN(c2cccc(C(F)(F)F)c2)C4)OCN(c2cccc(C(F)(F)F)c2)C3)Oc2ccccc2-c2ccccc21. The lowest BCUT2D eigenvalue weighted by Crippen LogP contribution is -2.40. The fourth-order valence-electron chi connectivity index (χ4n) is 6.54. The Morgan fingerprint density at radius 1 is 0.612 bits per heavy atom. The minimum Gasteiger partial charge on any atom is -0.473 e. The van der Waals surface area contributed by atoms with Crippen LogP contribution in [0.15, 0.2) is 103 Å². The molecule has 8 rings (SSSR count). The molecule has 0 spiro atoms. The van der Waals surface area contributed by atoms with Gasteiger partial charge in [-0.25, -0.2) is 0 Å². The van der Waals surface area contributed by atoms with E-state index >= 15 is 4.57 Å². The Balaban J connectivity index is 1.29. The highest BCUT2D eigenvalue weighted by molar-refractivity contribution is 7.75. The van der Waals surface area contributed by atoms with Crippen LogP contribution in [0.25, 0.3) is 11.1 Å². The Hall–Kier alpha value is -5.09. The second kappa shape index (κ2) is 11.2. The molecule has 49 heavy (non-hydrogen) atoms. The average molecular weight is 695 g/mol. The van der Waals surface area contributed by atoms with Gasteiger partial charge in [-0.2, -0.15) is 26.3 Å². The van der Waals surface area contributed by atoms with Gasteiger partial charge >= 0.3 is 19.7 Å². The standard InChI is InChI=1S/C36H25F6N2O4P/c37-35(38,39)23-7-5-9-25(16-23)43-18-22-15-31-29(19-44(20-46-31)26-10-6-8-24(17-26)36(40,41)42)34(33(22)47-21-43)49(45)32-14-4-2-12-28(32)27-11-1-3-13-30(27)48-49/h1-17H,18-21H2. The van der Waals surface area contributed by atoms with Gasteiger partial charge in [0, 0.05) is 28.1 Å². The number of alkyl halides is 6. The van der Waals surface area contributed by atoms with Crippen molar-refractivity contribution in [1.82, 2.24) is 0 Å². The normalized spacial score (nSPS) is 18.2. The van der Waals surface area contributed by atoms with E-state index in [2.05, 4.69) is 0 Å². The van der Waals surface area contributed by atoms with Crippen molar-refractivity contribution in [3.05, 3.63) is 125 Å². The van der Waals surface area contributed by atoms with Crippen LogP contribution in [-0.4, -0.2) is 13.5 Å². The first kappa shape index (κ1) is 31.2. The molecule has 1 unspecified atom stereocenters. The molecule has 0 N–H and O–H groups in total. The van der Waals surface area contributed by atoms with Crippen molar-refractivity contribution in [3.8, 4) is 28.4 Å². The van der Waals surface area contributed by atoms with Crippen molar-refractivity contribution < 1.29 is 44.9 Å². The van der Waals surface area contributed by atoms with Crippen LogP contribution in [0.5, 0.6) is 17.2 Å². The lowest BCUT2D eigenvalue weighted by Gasteiger charge is -2.39. The second-order valence-corrected chi connectivity index (χ2v) is 14.1. The lowest BCUT2D eigenvalue weighted by atomic mass is 10.0. The third-order valence-corrected chi connectivity index (χ3v) is 11.4. The van der Waals surface area contributed by atoms with Crippen LogP contribution in [0, 0.1) is 0 Å². The van der Waals surface area contributed by atoms with Gasteiger partial charge in [0.1, 0.15) is 22.6 Å². The molecule has 0 saturated carbocycles. The summed E-state index contributed by atoms with van der Waals surface area (Å²) >= 11 is 0. The molecule has 0 radical (unpaired) electrons. The average Bonchev–Trinajstić information content (AvgIpc) is 3.09. The Morgan fingerprint density at radius 3 is 1.88 bits per heavy atom. The van der Waals surface area contributed by atoms with Crippen molar-refractivity contribution >= 4 is 29.4 Å². The van der Waals surface area contributed by atoms with E-state index in [1.807, 2.05) is 24.3 Å². The first-order valence-electron chi connectivity index (χ1n) is 15.2. The summed E-state index contributed by atoms with van der Waals surface area (Å²) in [7, 11) is -4.06. The molecule has 5 aromatic rings. The predicted molar refractivity (Wildman–Crippen MR) is 172 cm³/mol. The number of nitrogens with zero attached hydrogens (tertiary/aromatic N) is 2. The summed E-state index contributed by atoms with van der Waals surface area (Å²) in [6.07, 6.45) is -9.11. The molecule has 3 aliphatic heterocycles. The number of hydrogen-bond acceptors (Lipinski definition) is 6. The van der Waals surface area contributed by atoms with Crippen LogP contribution in [0.3, 0.4) is 0 Å². The highest BCUT2D eigenvalue weighted by Crippen LogP contribution is 2.58.